The second kappa shape index (κ2) is 7.72. The summed E-state index contributed by atoms with van der Waals surface area (Å²) in [5.41, 5.74) is 0.239. The molecule has 5 N–H and O–H groups in total. The van der Waals surface area contributed by atoms with E-state index in [0.29, 0.717) is 0 Å². The van der Waals surface area contributed by atoms with Crippen LogP contribution < -0.4 is 10.9 Å². The zero-order valence-corrected chi connectivity index (χ0v) is 15.1. The number of benzene rings is 1. The van der Waals surface area contributed by atoms with E-state index in [1.54, 1.807) is 12.1 Å². The quantitative estimate of drug-likeness (QED) is 0.360. The predicted octanol–water partition coefficient (Wildman–Crippen LogP) is -1.09. The maximum Gasteiger partial charge on any atom is 0.280 e. The number of rotatable bonds is 5. The second-order valence-corrected chi connectivity index (χ2v) is 6.68. The number of aliphatic hydroxyl groups is 3. The SMILES string of the molecule is O=C(Cc1ccccc1)Nc1nc2c(ncn2C2OC(CO)[C@H](O)C2O)c(=O)[nH]1. The number of H-pyrrole nitrogens is 1. The summed E-state index contributed by atoms with van der Waals surface area (Å²) in [6.45, 7) is -0.490. The lowest BCUT2D eigenvalue weighted by atomic mass is 10.1. The Morgan fingerprint density at radius 3 is 2.69 bits per heavy atom. The van der Waals surface area contributed by atoms with Crippen LogP contribution in [0.3, 0.4) is 0 Å². The molecule has 11 nitrogen and oxygen atoms in total. The smallest absolute Gasteiger partial charge is 0.280 e. The van der Waals surface area contributed by atoms with Crippen LogP contribution in [0.5, 0.6) is 0 Å². The van der Waals surface area contributed by atoms with Crippen LogP contribution in [0.25, 0.3) is 11.2 Å². The van der Waals surface area contributed by atoms with E-state index in [9.17, 15) is 24.9 Å². The first-order valence-corrected chi connectivity index (χ1v) is 8.91. The number of imidazole rings is 1. The van der Waals surface area contributed by atoms with E-state index in [0.717, 1.165) is 5.56 Å². The van der Waals surface area contributed by atoms with Crippen molar-refractivity contribution in [2.45, 2.75) is 31.0 Å². The van der Waals surface area contributed by atoms with E-state index in [-0.39, 0.29) is 29.4 Å². The molecule has 1 aromatic carbocycles. The van der Waals surface area contributed by atoms with Crippen LogP contribution in [0.15, 0.2) is 41.5 Å². The highest BCUT2D eigenvalue weighted by Gasteiger charge is 2.44. The zero-order valence-electron chi connectivity index (χ0n) is 15.1. The molecule has 3 unspecified atom stereocenters. The average Bonchev–Trinajstić information content (AvgIpc) is 3.24. The maximum atomic E-state index is 12.3. The van der Waals surface area contributed by atoms with Crippen molar-refractivity contribution in [1.29, 1.82) is 0 Å². The first-order valence-electron chi connectivity index (χ1n) is 8.91. The summed E-state index contributed by atoms with van der Waals surface area (Å²) in [7, 11) is 0. The number of anilines is 1. The van der Waals surface area contributed by atoms with Gasteiger partial charge in [-0.05, 0) is 5.56 Å². The molecule has 1 saturated heterocycles. The molecule has 152 valence electrons. The molecule has 11 heteroatoms. The molecule has 2 aromatic heterocycles. The lowest BCUT2D eigenvalue weighted by molar-refractivity contribution is -0.115. The van der Waals surface area contributed by atoms with Crippen molar-refractivity contribution >= 4 is 23.0 Å². The number of aromatic amines is 1. The second-order valence-electron chi connectivity index (χ2n) is 6.68. The van der Waals surface area contributed by atoms with Gasteiger partial charge in [0.05, 0.1) is 19.4 Å². The highest BCUT2D eigenvalue weighted by molar-refractivity contribution is 5.91. The summed E-state index contributed by atoms with van der Waals surface area (Å²) in [5.74, 6) is -0.463. The van der Waals surface area contributed by atoms with Crippen molar-refractivity contribution in [3.8, 4) is 0 Å². The standard InChI is InChI=1S/C18H19N5O6/c24-7-10-13(26)14(27)17(29-10)23-8-19-12-15(23)21-18(22-16(12)28)20-11(25)6-9-4-2-1-3-5-9/h1-5,8,10,13-14,17,24,26-27H,6-7H2,(H2,20,21,22,25,28)/t10?,13-,14?,17?/m0/s1. The third-order valence-corrected chi connectivity index (χ3v) is 4.69. The van der Waals surface area contributed by atoms with Crippen LogP contribution in [0, 0.1) is 0 Å². The van der Waals surface area contributed by atoms with Crippen LogP contribution in [-0.2, 0) is 16.0 Å². The third kappa shape index (κ3) is 3.63. The summed E-state index contributed by atoms with van der Waals surface area (Å²) in [5, 5.41) is 32.0. The van der Waals surface area contributed by atoms with Gasteiger partial charge in [-0.1, -0.05) is 30.3 Å². The van der Waals surface area contributed by atoms with Crippen molar-refractivity contribution < 1.29 is 24.9 Å². The van der Waals surface area contributed by atoms with Crippen LogP contribution in [0.4, 0.5) is 5.95 Å². The number of fused-ring (bicyclic) bond motifs is 1. The van der Waals surface area contributed by atoms with E-state index in [1.807, 2.05) is 18.2 Å². The van der Waals surface area contributed by atoms with Gasteiger partial charge in [0.25, 0.3) is 5.56 Å². The van der Waals surface area contributed by atoms with E-state index in [1.165, 1.54) is 10.9 Å². The summed E-state index contributed by atoms with van der Waals surface area (Å²) in [6.07, 6.45) is -3.43. The van der Waals surface area contributed by atoms with Gasteiger partial charge in [-0.15, -0.1) is 0 Å². The number of amides is 1. The van der Waals surface area contributed by atoms with Gasteiger partial charge in [0.1, 0.15) is 18.3 Å². The summed E-state index contributed by atoms with van der Waals surface area (Å²) in [6, 6.07) is 9.07. The zero-order chi connectivity index (χ0) is 20.5. The fraction of sp³-hybridized carbons (Fsp3) is 0.333. The Bertz CT molecular complexity index is 1080. The van der Waals surface area contributed by atoms with Crippen LogP contribution in [-0.4, -0.2) is 65.7 Å². The Morgan fingerprint density at radius 1 is 1.24 bits per heavy atom. The molecule has 0 bridgehead atoms. The third-order valence-electron chi connectivity index (χ3n) is 4.69. The number of ether oxygens (including phenoxy) is 1. The molecule has 0 spiro atoms. The lowest BCUT2D eigenvalue weighted by Gasteiger charge is -2.16. The van der Waals surface area contributed by atoms with Gasteiger partial charge < -0.3 is 20.1 Å². The minimum atomic E-state index is -1.36. The Hall–Kier alpha value is -3.12. The number of nitrogens with zero attached hydrogens (tertiary/aromatic N) is 3. The number of carbonyl (C=O) groups excluding carboxylic acids is 1. The first-order chi connectivity index (χ1) is 14.0. The summed E-state index contributed by atoms with van der Waals surface area (Å²) in [4.78, 5) is 35.2. The summed E-state index contributed by atoms with van der Waals surface area (Å²) >= 11 is 0. The molecule has 0 saturated carbocycles. The molecular weight excluding hydrogens is 382 g/mol. The summed E-state index contributed by atoms with van der Waals surface area (Å²) < 4.78 is 6.74. The number of carbonyl (C=O) groups is 1. The van der Waals surface area contributed by atoms with Gasteiger partial charge in [0.15, 0.2) is 17.4 Å². The number of hydrogen-bond acceptors (Lipinski definition) is 8. The number of nitrogens with one attached hydrogen (secondary N) is 2. The van der Waals surface area contributed by atoms with E-state index in [4.69, 9.17) is 4.74 Å². The Labute approximate surface area is 163 Å². The molecule has 4 atom stereocenters. The Kier molecular flexibility index (Phi) is 5.11. The fourth-order valence-corrected chi connectivity index (χ4v) is 3.24. The monoisotopic (exact) mass is 401 g/mol. The largest absolute Gasteiger partial charge is 0.394 e. The number of aliphatic hydroxyl groups excluding tert-OH is 3. The van der Waals surface area contributed by atoms with Crippen LogP contribution in [0.2, 0.25) is 0 Å². The highest BCUT2D eigenvalue weighted by Crippen LogP contribution is 2.30. The van der Waals surface area contributed by atoms with E-state index < -0.39 is 36.7 Å². The fourth-order valence-electron chi connectivity index (χ4n) is 3.24. The minimum absolute atomic E-state index is 0.0243. The van der Waals surface area contributed by atoms with Crippen molar-refractivity contribution in [2.24, 2.45) is 0 Å². The normalized spacial score (nSPS) is 24.1. The highest BCUT2D eigenvalue weighted by atomic mass is 16.6. The van der Waals surface area contributed by atoms with Gasteiger partial charge in [-0.25, -0.2) is 4.98 Å². The topological polar surface area (TPSA) is 163 Å². The van der Waals surface area contributed by atoms with Crippen molar-refractivity contribution in [3.05, 3.63) is 52.6 Å². The molecule has 0 radical (unpaired) electrons. The van der Waals surface area contributed by atoms with Crippen molar-refractivity contribution in [2.75, 3.05) is 11.9 Å². The Morgan fingerprint density at radius 2 is 2.00 bits per heavy atom. The van der Waals surface area contributed by atoms with Crippen molar-refractivity contribution in [1.82, 2.24) is 19.5 Å². The van der Waals surface area contributed by atoms with Crippen LogP contribution in [0.1, 0.15) is 11.8 Å². The van der Waals surface area contributed by atoms with Gasteiger partial charge in [0, 0.05) is 0 Å². The van der Waals surface area contributed by atoms with Crippen molar-refractivity contribution in [3.63, 3.8) is 0 Å². The maximum absolute atomic E-state index is 12.3. The molecular formula is C18H19N5O6. The first kappa shape index (κ1) is 19.2. The molecule has 1 amide bonds. The molecule has 0 aliphatic carbocycles. The van der Waals surface area contributed by atoms with Crippen LogP contribution >= 0.6 is 0 Å². The molecule has 3 heterocycles. The lowest BCUT2D eigenvalue weighted by Crippen LogP contribution is -2.33. The minimum Gasteiger partial charge on any atom is -0.394 e. The van der Waals surface area contributed by atoms with Gasteiger partial charge in [-0.2, -0.15) is 4.98 Å². The van der Waals surface area contributed by atoms with Gasteiger partial charge in [0.2, 0.25) is 11.9 Å². The Balaban J connectivity index is 1.62. The molecule has 4 rings (SSSR count). The molecule has 3 aromatic rings. The number of hydrogen-bond donors (Lipinski definition) is 5. The predicted molar refractivity (Wildman–Crippen MR) is 99.9 cm³/mol. The van der Waals surface area contributed by atoms with E-state index >= 15 is 0 Å². The molecule has 1 aliphatic rings. The van der Waals surface area contributed by atoms with Gasteiger partial charge in [-0.3, -0.25) is 24.5 Å². The van der Waals surface area contributed by atoms with Gasteiger partial charge >= 0.3 is 0 Å². The average molecular weight is 401 g/mol. The molecule has 1 aliphatic heterocycles. The molecule has 1 fully saturated rings. The van der Waals surface area contributed by atoms with E-state index in [2.05, 4.69) is 20.3 Å². The molecule has 29 heavy (non-hydrogen) atoms. The number of aromatic nitrogens is 4.